The van der Waals surface area contributed by atoms with Crippen molar-refractivity contribution in [1.29, 1.82) is 0 Å². The number of nitrogens with one attached hydrogen (secondary N) is 1. The van der Waals surface area contributed by atoms with Crippen molar-refractivity contribution in [2.75, 3.05) is 0 Å². The molecule has 0 spiro atoms. The van der Waals surface area contributed by atoms with E-state index < -0.39 is 12.0 Å². The SMILES string of the molecule is CC(C)[C@H](NC(=O)C1C(c2ccccc2)N1Cc1ccccc1)C(=O)OCc1ccccc1. The van der Waals surface area contributed by atoms with E-state index in [1.807, 2.05) is 92.7 Å². The maximum Gasteiger partial charge on any atom is 0.329 e. The Labute approximate surface area is 195 Å². The zero-order valence-corrected chi connectivity index (χ0v) is 19.1. The van der Waals surface area contributed by atoms with Crippen molar-refractivity contribution in [2.45, 2.75) is 45.1 Å². The fourth-order valence-corrected chi connectivity index (χ4v) is 4.14. The quantitative estimate of drug-likeness (QED) is 0.392. The normalized spacial score (nSPS) is 20.2. The Morgan fingerprint density at radius 1 is 0.848 bits per heavy atom. The van der Waals surface area contributed by atoms with E-state index in [4.69, 9.17) is 4.74 Å². The van der Waals surface area contributed by atoms with Crippen LogP contribution >= 0.6 is 0 Å². The molecule has 1 saturated heterocycles. The number of rotatable bonds is 9. The van der Waals surface area contributed by atoms with Crippen LogP contribution in [0.5, 0.6) is 0 Å². The van der Waals surface area contributed by atoms with Gasteiger partial charge in [-0.25, -0.2) is 4.79 Å². The molecule has 0 radical (unpaired) electrons. The van der Waals surface area contributed by atoms with Crippen molar-refractivity contribution in [3.05, 3.63) is 108 Å². The van der Waals surface area contributed by atoms with Gasteiger partial charge in [-0.2, -0.15) is 0 Å². The first-order chi connectivity index (χ1) is 16.0. The van der Waals surface area contributed by atoms with Crippen LogP contribution in [0.4, 0.5) is 0 Å². The molecule has 1 N–H and O–H groups in total. The minimum atomic E-state index is -0.697. The minimum absolute atomic E-state index is 0.0143. The molecule has 170 valence electrons. The third-order valence-corrected chi connectivity index (χ3v) is 5.98. The Bertz CT molecular complexity index is 1050. The number of nitrogens with zero attached hydrogens (tertiary/aromatic N) is 1. The summed E-state index contributed by atoms with van der Waals surface area (Å²) in [5, 5.41) is 2.97. The summed E-state index contributed by atoms with van der Waals surface area (Å²) in [5.41, 5.74) is 3.16. The highest BCUT2D eigenvalue weighted by Gasteiger charge is 2.53. The van der Waals surface area contributed by atoms with E-state index in [-0.39, 0.29) is 30.5 Å². The molecule has 5 heteroatoms. The number of carbonyl (C=O) groups is 2. The van der Waals surface area contributed by atoms with Crippen molar-refractivity contribution < 1.29 is 14.3 Å². The van der Waals surface area contributed by atoms with Crippen molar-refractivity contribution in [3.8, 4) is 0 Å². The second-order valence-electron chi connectivity index (χ2n) is 8.78. The topological polar surface area (TPSA) is 58.4 Å². The van der Waals surface area contributed by atoms with Gasteiger partial charge in [0.1, 0.15) is 18.7 Å². The molecule has 3 unspecified atom stereocenters. The molecule has 3 aromatic rings. The first kappa shape index (κ1) is 22.7. The first-order valence-electron chi connectivity index (χ1n) is 11.4. The average Bonchev–Trinajstić information content (AvgIpc) is 3.56. The highest BCUT2D eigenvalue weighted by molar-refractivity contribution is 5.90. The number of ether oxygens (including phenoxy) is 1. The summed E-state index contributed by atoms with van der Waals surface area (Å²) in [6, 6.07) is 28.7. The van der Waals surface area contributed by atoms with Crippen LogP contribution < -0.4 is 5.32 Å². The Kier molecular flexibility index (Phi) is 7.20. The van der Waals surface area contributed by atoms with Gasteiger partial charge < -0.3 is 10.1 Å². The van der Waals surface area contributed by atoms with Crippen molar-refractivity contribution in [3.63, 3.8) is 0 Å². The Morgan fingerprint density at radius 3 is 1.97 bits per heavy atom. The van der Waals surface area contributed by atoms with Gasteiger partial charge >= 0.3 is 5.97 Å². The summed E-state index contributed by atoms with van der Waals surface area (Å²) in [4.78, 5) is 28.3. The molecular formula is C28H30N2O3. The van der Waals surface area contributed by atoms with Gasteiger partial charge in [0.05, 0.1) is 6.04 Å². The summed E-state index contributed by atoms with van der Waals surface area (Å²) in [7, 11) is 0. The highest BCUT2D eigenvalue weighted by Crippen LogP contribution is 2.44. The van der Waals surface area contributed by atoms with Gasteiger partial charge in [-0.15, -0.1) is 0 Å². The van der Waals surface area contributed by atoms with E-state index in [0.29, 0.717) is 6.54 Å². The second kappa shape index (κ2) is 10.5. The third kappa shape index (κ3) is 5.68. The summed E-state index contributed by atoms with van der Waals surface area (Å²) in [6.07, 6.45) is 0. The molecule has 1 fully saturated rings. The molecule has 1 aliphatic rings. The fourth-order valence-electron chi connectivity index (χ4n) is 4.14. The molecule has 4 atom stereocenters. The van der Waals surface area contributed by atoms with E-state index in [2.05, 4.69) is 22.3 Å². The van der Waals surface area contributed by atoms with Gasteiger partial charge in [0.2, 0.25) is 5.91 Å². The highest BCUT2D eigenvalue weighted by atomic mass is 16.5. The lowest BCUT2D eigenvalue weighted by molar-refractivity contribution is -0.150. The van der Waals surface area contributed by atoms with Gasteiger partial charge in [-0.1, -0.05) is 105 Å². The van der Waals surface area contributed by atoms with Crippen LogP contribution in [0.2, 0.25) is 0 Å². The molecule has 0 bridgehead atoms. The smallest absolute Gasteiger partial charge is 0.329 e. The van der Waals surface area contributed by atoms with Crippen LogP contribution in [0.1, 0.15) is 36.6 Å². The second-order valence-corrected chi connectivity index (χ2v) is 8.78. The largest absolute Gasteiger partial charge is 0.459 e. The zero-order valence-electron chi connectivity index (χ0n) is 19.1. The molecule has 0 aliphatic carbocycles. The molecule has 33 heavy (non-hydrogen) atoms. The lowest BCUT2D eigenvalue weighted by atomic mass is 10.0. The molecule has 0 saturated carbocycles. The summed E-state index contributed by atoms with van der Waals surface area (Å²) in [6.45, 7) is 4.69. The van der Waals surface area contributed by atoms with E-state index in [9.17, 15) is 9.59 Å². The minimum Gasteiger partial charge on any atom is -0.459 e. The summed E-state index contributed by atoms with van der Waals surface area (Å²) >= 11 is 0. The van der Waals surface area contributed by atoms with Crippen LogP contribution in [-0.4, -0.2) is 28.9 Å². The van der Waals surface area contributed by atoms with Crippen molar-refractivity contribution in [2.24, 2.45) is 5.92 Å². The Hall–Kier alpha value is -3.44. The number of esters is 1. The van der Waals surface area contributed by atoms with Gasteiger partial charge in [-0.05, 0) is 22.6 Å². The number of hydrogen-bond donors (Lipinski definition) is 1. The van der Waals surface area contributed by atoms with Gasteiger partial charge in [0, 0.05) is 6.54 Å². The van der Waals surface area contributed by atoms with Gasteiger partial charge in [-0.3, -0.25) is 9.69 Å². The lowest BCUT2D eigenvalue weighted by Crippen LogP contribution is -2.47. The van der Waals surface area contributed by atoms with Crippen molar-refractivity contribution in [1.82, 2.24) is 10.2 Å². The number of hydrogen-bond acceptors (Lipinski definition) is 4. The Balaban J connectivity index is 1.44. The molecule has 3 aromatic carbocycles. The molecule has 1 aliphatic heterocycles. The number of benzene rings is 3. The third-order valence-electron chi connectivity index (χ3n) is 5.98. The van der Waals surface area contributed by atoms with Crippen LogP contribution in [0.25, 0.3) is 0 Å². The Morgan fingerprint density at radius 2 is 1.39 bits per heavy atom. The predicted octanol–water partition coefficient (Wildman–Crippen LogP) is 4.50. The molecular weight excluding hydrogens is 412 g/mol. The molecule has 1 amide bonds. The van der Waals surface area contributed by atoms with E-state index in [1.165, 1.54) is 0 Å². The molecule has 1 heterocycles. The van der Waals surface area contributed by atoms with Crippen LogP contribution in [-0.2, 0) is 27.5 Å². The van der Waals surface area contributed by atoms with Crippen molar-refractivity contribution >= 4 is 11.9 Å². The lowest BCUT2D eigenvalue weighted by Gasteiger charge is -2.21. The fraction of sp³-hybridized carbons (Fsp3) is 0.286. The van der Waals surface area contributed by atoms with E-state index in [1.54, 1.807) is 0 Å². The maximum atomic E-state index is 13.3. The maximum absolute atomic E-state index is 13.3. The summed E-state index contributed by atoms with van der Waals surface area (Å²) in [5.74, 6) is -0.641. The number of carbonyl (C=O) groups excluding carboxylic acids is 2. The summed E-state index contributed by atoms with van der Waals surface area (Å²) < 4.78 is 5.52. The number of amides is 1. The van der Waals surface area contributed by atoms with Gasteiger partial charge in [0.15, 0.2) is 0 Å². The molecule has 0 aromatic heterocycles. The van der Waals surface area contributed by atoms with E-state index in [0.717, 1.165) is 16.7 Å². The molecule has 5 nitrogen and oxygen atoms in total. The zero-order chi connectivity index (χ0) is 23.2. The molecule has 4 rings (SSSR count). The van der Waals surface area contributed by atoms with Crippen LogP contribution in [0, 0.1) is 5.92 Å². The standard InChI is InChI=1S/C28H30N2O3/c1-20(2)24(28(32)33-19-22-14-8-4-9-15-22)29-27(31)26-25(23-16-10-5-11-17-23)30(26)18-21-12-6-3-7-13-21/h3-17,20,24-26H,18-19H2,1-2H3,(H,29,31)/t24-,25?,26?,30?/m0/s1. The van der Waals surface area contributed by atoms with Crippen LogP contribution in [0.15, 0.2) is 91.0 Å². The first-order valence-corrected chi connectivity index (χ1v) is 11.4. The van der Waals surface area contributed by atoms with Gasteiger partial charge in [0.25, 0.3) is 0 Å². The predicted molar refractivity (Wildman–Crippen MR) is 128 cm³/mol. The average molecular weight is 443 g/mol. The van der Waals surface area contributed by atoms with E-state index >= 15 is 0 Å². The van der Waals surface area contributed by atoms with Crippen LogP contribution in [0.3, 0.4) is 0 Å². The monoisotopic (exact) mass is 442 g/mol.